The minimum atomic E-state index is -2.28. The van der Waals surface area contributed by atoms with Gasteiger partial charge in [0.15, 0.2) is 0 Å². The molecule has 0 spiro atoms. The number of fused-ring (bicyclic) bond motifs is 2. The van der Waals surface area contributed by atoms with Gasteiger partial charge in [-0.15, -0.1) is 23.2 Å². The Balaban J connectivity index is 1.88. The van der Waals surface area contributed by atoms with E-state index in [9.17, 15) is 0 Å². The quantitative estimate of drug-likeness (QED) is 0.0641. The fraction of sp³-hybridized carbons (Fsp3) is 0.688. The third-order valence-corrected chi connectivity index (χ3v) is 29.0. The first-order valence-corrected chi connectivity index (χ1v) is 38.2. The van der Waals surface area contributed by atoms with Gasteiger partial charge in [-0.3, -0.25) is 0 Å². The molecule has 0 N–H and O–H groups in total. The van der Waals surface area contributed by atoms with Crippen LogP contribution in [0.3, 0.4) is 0 Å². The summed E-state index contributed by atoms with van der Waals surface area (Å²) >= 11 is 11.1. The molecule has 3 aromatic rings. The van der Waals surface area contributed by atoms with Crippen LogP contribution in [0.1, 0.15) is 77.0 Å². The van der Waals surface area contributed by atoms with Crippen LogP contribution in [0.2, 0.25) is 29.6 Å². The molecule has 8 heteroatoms. The van der Waals surface area contributed by atoms with Crippen LogP contribution in [-0.4, -0.2) is 61.7 Å². The molecule has 2 nitrogen and oxygen atoms in total. The van der Waals surface area contributed by atoms with Crippen molar-refractivity contribution in [2.45, 2.75) is 107 Å². The molecule has 0 fully saturated rings. The second-order valence-corrected chi connectivity index (χ2v) is 46.9. The van der Waals surface area contributed by atoms with Crippen LogP contribution in [0.4, 0.5) is 0 Å². The van der Waals surface area contributed by atoms with Crippen molar-refractivity contribution < 1.29 is 9.47 Å². The Bertz CT molecular complexity index is 1030. The number of hydrogen-bond acceptors (Lipinski definition) is 4. The predicted octanol–water partition coefficient (Wildman–Crippen LogP) is 11.1. The molecule has 0 saturated heterocycles. The van der Waals surface area contributed by atoms with E-state index in [4.69, 9.17) is 32.7 Å². The first-order chi connectivity index (χ1) is 19.1. The molecular formula is C32H52Cl2O2S2Sn2. The van der Waals surface area contributed by atoms with E-state index in [1.54, 1.807) is 5.79 Å². The van der Waals surface area contributed by atoms with Crippen LogP contribution < -0.4 is 15.3 Å². The Morgan fingerprint density at radius 3 is 1.18 bits per heavy atom. The molecule has 0 aliphatic rings. The van der Waals surface area contributed by atoms with E-state index in [1.165, 1.54) is 71.5 Å². The topological polar surface area (TPSA) is 18.5 Å². The first kappa shape index (κ1) is 35.4. The molecule has 0 atom stereocenters. The van der Waals surface area contributed by atoms with Crippen LogP contribution in [0, 0.1) is 0 Å². The Kier molecular flexibility index (Phi) is 15.4. The Hall–Kier alpha value is 0.917. The maximum atomic E-state index is 6.73. The summed E-state index contributed by atoms with van der Waals surface area (Å²) in [5, 5.41) is 2.60. The van der Waals surface area contributed by atoms with Crippen LogP contribution in [0.15, 0.2) is 12.1 Å². The molecule has 3 rings (SSSR count). The summed E-state index contributed by atoms with van der Waals surface area (Å²) in [6, 6.07) is 4.97. The number of ether oxygens (including phenoxy) is 2. The molecule has 1 aromatic carbocycles. The van der Waals surface area contributed by atoms with Gasteiger partial charge in [-0.05, 0) is 0 Å². The molecule has 0 saturated carbocycles. The monoisotopic (exact) mass is 842 g/mol. The molecule has 0 radical (unpaired) electrons. The molecule has 0 amide bonds. The van der Waals surface area contributed by atoms with Gasteiger partial charge in [0, 0.05) is 11.8 Å². The summed E-state index contributed by atoms with van der Waals surface area (Å²) in [5.74, 6) is 3.83. The summed E-state index contributed by atoms with van der Waals surface area (Å²) in [6.07, 6.45) is 14.5. The summed E-state index contributed by atoms with van der Waals surface area (Å²) in [7, 11) is 0. The number of benzene rings is 1. The predicted molar refractivity (Wildman–Crippen MR) is 191 cm³/mol. The molecule has 0 aliphatic carbocycles. The van der Waals surface area contributed by atoms with E-state index < -0.39 is 36.8 Å². The molecule has 0 bridgehead atoms. The summed E-state index contributed by atoms with van der Waals surface area (Å²) in [5.41, 5.74) is 0. The third kappa shape index (κ3) is 10.5. The van der Waals surface area contributed by atoms with E-state index in [0.29, 0.717) is 0 Å². The zero-order chi connectivity index (χ0) is 29.2. The van der Waals surface area contributed by atoms with Crippen LogP contribution in [-0.2, 0) is 0 Å². The van der Waals surface area contributed by atoms with Crippen molar-refractivity contribution in [3.8, 4) is 11.5 Å². The fourth-order valence-corrected chi connectivity index (χ4v) is 18.0. The average molecular weight is 841 g/mol. The van der Waals surface area contributed by atoms with Gasteiger partial charge in [0.2, 0.25) is 0 Å². The minimum absolute atomic E-state index is 0.785. The molecule has 2 heterocycles. The standard InChI is InChI=1S/C26H34Cl2O2S2.6CH3.2Sn/c27-15-9-5-1-3-7-11-17-29-23-21-13-19-32-26(21)24(22-14-20-31-25(22)23)30-18-12-8-4-2-6-10-16-28;;;;;;;;/h13-14H,1-12,15-18H2;6*1H3;;. The normalized spacial score (nSPS) is 12.6. The van der Waals surface area contributed by atoms with Gasteiger partial charge in [-0.2, -0.15) is 0 Å². The van der Waals surface area contributed by atoms with Gasteiger partial charge in [-0.1, -0.05) is 0 Å². The summed E-state index contributed by atoms with van der Waals surface area (Å²) < 4.78 is 19.3. The maximum absolute atomic E-state index is 6.73. The SMILES string of the molecule is [CH3][Sn]([CH3])([CH3])[c]1cc2c(OCCCCCCCCCl)c3s[c]([Sn]([CH3])([CH3])[CH3])cc3c(OCCCCCCCCCl)c2s1. The van der Waals surface area contributed by atoms with Crippen LogP contribution in [0.25, 0.3) is 20.2 Å². The van der Waals surface area contributed by atoms with E-state index in [-0.39, 0.29) is 0 Å². The van der Waals surface area contributed by atoms with Gasteiger partial charge in [0.1, 0.15) is 0 Å². The van der Waals surface area contributed by atoms with Crippen LogP contribution >= 0.6 is 45.9 Å². The van der Waals surface area contributed by atoms with Crippen molar-refractivity contribution in [3.63, 3.8) is 0 Å². The zero-order valence-electron chi connectivity index (χ0n) is 25.9. The van der Waals surface area contributed by atoms with Crippen molar-refractivity contribution in [1.29, 1.82) is 0 Å². The number of unbranched alkanes of at least 4 members (excludes halogenated alkanes) is 10. The van der Waals surface area contributed by atoms with Gasteiger partial charge in [0.05, 0.1) is 0 Å². The molecule has 40 heavy (non-hydrogen) atoms. The van der Waals surface area contributed by atoms with E-state index >= 15 is 0 Å². The molecule has 2 aromatic heterocycles. The van der Waals surface area contributed by atoms with Gasteiger partial charge < -0.3 is 0 Å². The Labute approximate surface area is 270 Å². The fourth-order valence-electron chi connectivity index (χ4n) is 4.88. The zero-order valence-corrected chi connectivity index (χ0v) is 34.7. The number of thiophene rings is 2. The molecular weight excluding hydrogens is 789 g/mol. The van der Waals surface area contributed by atoms with Crippen LogP contribution in [0.5, 0.6) is 11.5 Å². The van der Waals surface area contributed by atoms with Crippen molar-refractivity contribution >= 4 is 109 Å². The van der Waals surface area contributed by atoms with Crippen molar-refractivity contribution in [3.05, 3.63) is 12.1 Å². The molecule has 226 valence electrons. The molecule has 0 unspecified atom stereocenters. The van der Waals surface area contributed by atoms with Crippen molar-refractivity contribution in [1.82, 2.24) is 0 Å². The van der Waals surface area contributed by atoms with E-state index in [1.807, 2.05) is 22.7 Å². The van der Waals surface area contributed by atoms with Crippen molar-refractivity contribution in [2.24, 2.45) is 0 Å². The Morgan fingerprint density at radius 2 is 0.850 bits per heavy atom. The molecule has 0 aliphatic heterocycles. The van der Waals surface area contributed by atoms with E-state index in [2.05, 4.69) is 41.8 Å². The van der Waals surface area contributed by atoms with Gasteiger partial charge in [-0.25, -0.2) is 0 Å². The number of halogens is 2. The second-order valence-electron chi connectivity index (χ2n) is 13.2. The average Bonchev–Trinajstić information content (AvgIpc) is 3.53. The first-order valence-electron chi connectivity index (χ1n) is 15.5. The van der Waals surface area contributed by atoms with Gasteiger partial charge in [0.25, 0.3) is 0 Å². The van der Waals surface area contributed by atoms with E-state index in [0.717, 1.165) is 62.2 Å². The van der Waals surface area contributed by atoms with Gasteiger partial charge >= 0.3 is 238 Å². The number of rotatable bonds is 20. The summed E-state index contributed by atoms with van der Waals surface area (Å²) in [4.78, 5) is 15.1. The second kappa shape index (κ2) is 17.4. The third-order valence-electron chi connectivity index (χ3n) is 7.39. The Morgan fingerprint density at radius 1 is 0.525 bits per heavy atom. The summed E-state index contributed by atoms with van der Waals surface area (Å²) in [6.45, 7) is 1.58. The number of alkyl halides is 2. The number of hydrogen-bond donors (Lipinski definition) is 0. The van der Waals surface area contributed by atoms with Crippen molar-refractivity contribution in [2.75, 3.05) is 25.0 Å².